The third-order valence-electron chi connectivity index (χ3n) is 4.88. The Balaban J connectivity index is 1.58. The Kier molecular flexibility index (Phi) is 3.71. The lowest BCUT2D eigenvalue weighted by Gasteiger charge is -2.31. The normalized spacial score (nSPS) is 18.5. The molecule has 1 N–H and O–H groups in total. The highest BCUT2D eigenvalue weighted by Gasteiger charge is 2.36. The van der Waals surface area contributed by atoms with Crippen LogP contribution in [0.4, 0.5) is 5.95 Å². The number of Topliss-reactive ketones (excluding diaryl/α,β-unsaturated/α-hetero) is 1. The molecule has 0 saturated heterocycles. The minimum atomic E-state index is -0.349. The number of fused-ring (bicyclic) bond motifs is 1. The molecule has 2 heterocycles. The van der Waals surface area contributed by atoms with Crippen LogP contribution in [0.3, 0.4) is 0 Å². The predicted octanol–water partition coefficient (Wildman–Crippen LogP) is 3.49. The first-order valence-electron chi connectivity index (χ1n) is 8.93. The fourth-order valence-corrected chi connectivity index (χ4v) is 3.70. The van der Waals surface area contributed by atoms with E-state index in [9.17, 15) is 4.79 Å². The monoisotopic (exact) mass is 359 g/mol. The summed E-state index contributed by atoms with van der Waals surface area (Å²) in [5.41, 5.74) is 2.59. The van der Waals surface area contributed by atoms with Gasteiger partial charge in [-0.2, -0.15) is 4.68 Å². The molecule has 2 aliphatic rings. The van der Waals surface area contributed by atoms with Crippen LogP contribution in [0.25, 0.3) is 0 Å². The maximum atomic E-state index is 12.7. The van der Waals surface area contributed by atoms with Gasteiger partial charge in [-0.1, -0.05) is 35.4 Å². The molecule has 0 amide bonds. The van der Waals surface area contributed by atoms with Crippen molar-refractivity contribution < 1.29 is 9.53 Å². The molecule has 1 aliphatic carbocycles. The number of para-hydroxylation sites is 1. The quantitative estimate of drug-likeness (QED) is 0.771. The van der Waals surface area contributed by atoms with Crippen LogP contribution >= 0.6 is 0 Å². The van der Waals surface area contributed by atoms with E-state index in [2.05, 4.69) is 20.8 Å². The van der Waals surface area contributed by atoms with Crippen molar-refractivity contribution in [1.82, 2.24) is 20.2 Å². The van der Waals surface area contributed by atoms with Crippen molar-refractivity contribution in [2.75, 3.05) is 5.32 Å². The predicted molar refractivity (Wildman–Crippen MR) is 98.4 cm³/mol. The molecular formula is C20H17N5O2. The van der Waals surface area contributed by atoms with E-state index in [0.29, 0.717) is 18.1 Å². The summed E-state index contributed by atoms with van der Waals surface area (Å²) in [5, 5.41) is 15.2. The molecule has 0 fully saturated rings. The van der Waals surface area contributed by atoms with Gasteiger partial charge in [0.05, 0.1) is 0 Å². The molecule has 0 saturated carbocycles. The third kappa shape index (κ3) is 2.77. The zero-order valence-electron chi connectivity index (χ0n) is 14.5. The van der Waals surface area contributed by atoms with E-state index in [-0.39, 0.29) is 11.8 Å². The molecule has 0 spiro atoms. The topological polar surface area (TPSA) is 81.9 Å². The number of ketones is 1. The minimum absolute atomic E-state index is 0.143. The van der Waals surface area contributed by atoms with Crippen LogP contribution in [0.15, 0.2) is 65.9 Å². The minimum Gasteiger partial charge on any atom is -0.457 e. The first-order valence-corrected chi connectivity index (χ1v) is 8.93. The molecule has 134 valence electrons. The molecule has 0 bridgehead atoms. The van der Waals surface area contributed by atoms with E-state index in [4.69, 9.17) is 4.74 Å². The van der Waals surface area contributed by atoms with Gasteiger partial charge in [-0.25, -0.2) is 0 Å². The standard InChI is InChI=1S/C20H17N5O2/c26-17-11-5-10-16-18(17)19(25-20(21-16)22-23-24-25)13-6-4-9-15(12-13)27-14-7-2-1-3-8-14/h1-4,6-9,12,19H,5,10-11H2,(H,21,22,24)/t19-/m0/s1. The van der Waals surface area contributed by atoms with Crippen molar-refractivity contribution in [3.8, 4) is 11.5 Å². The van der Waals surface area contributed by atoms with Crippen LogP contribution in [-0.2, 0) is 4.79 Å². The largest absolute Gasteiger partial charge is 0.457 e. The number of hydrogen-bond donors (Lipinski definition) is 1. The average molecular weight is 359 g/mol. The number of ether oxygens (including phenoxy) is 1. The first kappa shape index (κ1) is 15.7. The number of nitrogens with zero attached hydrogens (tertiary/aromatic N) is 4. The van der Waals surface area contributed by atoms with Crippen LogP contribution in [0.5, 0.6) is 11.5 Å². The van der Waals surface area contributed by atoms with Gasteiger partial charge in [0.15, 0.2) is 5.78 Å². The number of allylic oxidation sites excluding steroid dienone is 2. The summed E-state index contributed by atoms with van der Waals surface area (Å²) in [5.74, 6) is 2.17. The van der Waals surface area contributed by atoms with E-state index >= 15 is 0 Å². The van der Waals surface area contributed by atoms with Gasteiger partial charge in [0.2, 0.25) is 5.95 Å². The van der Waals surface area contributed by atoms with E-state index < -0.39 is 0 Å². The Morgan fingerprint density at radius 3 is 2.78 bits per heavy atom. The van der Waals surface area contributed by atoms with Crippen LogP contribution < -0.4 is 10.1 Å². The summed E-state index contributed by atoms with van der Waals surface area (Å²) in [6, 6.07) is 17.0. The number of carbonyl (C=O) groups is 1. The molecule has 7 nitrogen and oxygen atoms in total. The zero-order chi connectivity index (χ0) is 18.2. The van der Waals surface area contributed by atoms with Gasteiger partial charge in [0, 0.05) is 17.7 Å². The van der Waals surface area contributed by atoms with E-state index in [1.54, 1.807) is 4.68 Å². The molecule has 1 atom stereocenters. The average Bonchev–Trinajstić information content (AvgIpc) is 3.16. The highest BCUT2D eigenvalue weighted by Crippen LogP contribution is 2.40. The van der Waals surface area contributed by atoms with Crippen molar-refractivity contribution in [1.29, 1.82) is 0 Å². The van der Waals surface area contributed by atoms with Crippen LogP contribution in [0, 0.1) is 0 Å². The van der Waals surface area contributed by atoms with Gasteiger partial charge >= 0.3 is 0 Å². The molecule has 2 aromatic carbocycles. The maximum Gasteiger partial charge on any atom is 0.248 e. The van der Waals surface area contributed by atoms with Crippen molar-refractivity contribution in [2.24, 2.45) is 0 Å². The molecule has 7 heteroatoms. The van der Waals surface area contributed by atoms with E-state index in [1.165, 1.54) is 0 Å². The number of anilines is 1. The number of benzene rings is 2. The van der Waals surface area contributed by atoms with E-state index in [0.717, 1.165) is 35.4 Å². The molecule has 0 radical (unpaired) electrons. The highest BCUT2D eigenvalue weighted by atomic mass is 16.5. The molecule has 5 rings (SSSR count). The maximum absolute atomic E-state index is 12.7. The molecule has 1 aliphatic heterocycles. The van der Waals surface area contributed by atoms with Crippen LogP contribution in [-0.4, -0.2) is 26.0 Å². The number of rotatable bonds is 3. The second-order valence-corrected chi connectivity index (χ2v) is 6.63. The summed E-state index contributed by atoms with van der Waals surface area (Å²) in [6.07, 6.45) is 2.22. The lowest BCUT2D eigenvalue weighted by atomic mass is 9.85. The first-order chi connectivity index (χ1) is 13.3. The Morgan fingerprint density at radius 2 is 1.89 bits per heavy atom. The number of hydrogen-bond acceptors (Lipinski definition) is 6. The summed E-state index contributed by atoms with van der Waals surface area (Å²) in [4.78, 5) is 12.7. The number of tetrazole rings is 1. The van der Waals surface area contributed by atoms with Gasteiger partial charge in [0.1, 0.15) is 17.5 Å². The Bertz CT molecular complexity index is 1040. The van der Waals surface area contributed by atoms with Gasteiger partial charge in [-0.3, -0.25) is 4.79 Å². The lowest BCUT2D eigenvalue weighted by molar-refractivity contribution is -0.116. The summed E-state index contributed by atoms with van der Waals surface area (Å²) >= 11 is 0. The second-order valence-electron chi connectivity index (χ2n) is 6.63. The second kappa shape index (κ2) is 6.35. The van der Waals surface area contributed by atoms with Gasteiger partial charge < -0.3 is 10.1 Å². The number of nitrogens with one attached hydrogen (secondary N) is 1. The fourth-order valence-electron chi connectivity index (χ4n) is 3.70. The van der Waals surface area contributed by atoms with Crippen LogP contribution in [0.2, 0.25) is 0 Å². The Morgan fingerprint density at radius 1 is 1.04 bits per heavy atom. The number of aromatic nitrogens is 4. The van der Waals surface area contributed by atoms with Gasteiger partial charge in [-0.05, 0) is 53.1 Å². The summed E-state index contributed by atoms with van der Waals surface area (Å²) in [6.45, 7) is 0. The van der Waals surface area contributed by atoms with Gasteiger partial charge in [-0.15, -0.1) is 0 Å². The Labute approximate surface area is 155 Å². The SMILES string of the molecule is O=C1CCCC2=C1[C@H](c1cccc(Oc3ccccc3)c1)n1nnnc1N2. The van der Waals surface area contributed by atoms with Gasteiger partial charge in [0.25, 0.3) is 0 Å². The third-order valence-corrected chi connectivity index (χ3v) is 4.88. The highest BCUT2D eigenvalue weighted by molar-refractivity contribution is 5.99. The fraction of sp³-hybridized carbons (Fsp3) is 0.200. The molecular weight excluding hydrogens is 342 g/mol. The molecule has 3 aromatic rings. The van der Waals surface area contributed by atoms with E-state index in [1.807, 2.05) is 54.6 Å². The Hall–Kier alpha value is -3.48. The lowest BCUT2D eigenvalue weighted by Crippen LogP contribution is -2.31. The van der Waals surface area contributed by atoms with Crippen molar-refractivity contribution in [3.05, 3.63) is 71.4 Å². The van der Waals surface area contributed by atoms with Crippen molar-refractivity contribution in [3.63, 3.8) is 0 Å². The zero-order valence-corrected chi connectivity index (χ0v) is 14.5. The smallest absolute Gasteiger partial charge is 0.248 e. The summed E-state index contributed by atoms with van der Waals surface area (Å²) in [7, 11) is 0. The molecule has 1 aromatic heterocycles. The number of carbonyl (C=O) groups excluding carboxylic acids is 1. The van der Waals surface area contributed by atoms with Crippen LogP contribution in [0.1, 0.15) is 30.9 Å². The molecule has 27 heavy (non-hydrogen) atoms. The molecule has 0 unspecified atom stereocenters. The van der Waals surface area contributed by atoms with Crippen molar-refractivity contribution in [2.45, 2.75) is 25.3 Å². The van der Waals surface area contributed by atoms with Crippen molar-refractivity contribution >= 4 is 11.7 Å². The summed E-state index contributed by atoms with van der Waals surface area (Å²) < 4.78 is 7.63.